The third kappa shape index (κ3) is 5.88. The molecule has 1 aromatic heterocycles. The molecule has 1 N–H and O–H groups in total. The van der Waals surface area contributed by atoms with Crippen LogP contribution >= 0.6 is 0 Å². The quantitative estimate of drug-likeness (QED) is 0.705. The average Bonchev–Trinajstić information content (AvgIpc) is 2.40. The van der Waals surface area contributed by atoms with Crippen molar-refractivity contribution in [2.24, 2.45) is 5.92 Å². The van der Waals surface area contributed by atoms with Gasteiger partial charge in [0.2, 0.25) is 0 Å². The van der Waals surface area contributed by atoms with Crippen LogP contribution < -0.4 is 10.2 Å². The second-order valence-corrected chi connectivity index (χ2v) is 5.75. The normalized spacial score (nSPS) is 11.1. The Balaban J connectivity index is 2.68. The van der Waals surface area contributed by atoms with Gasteiger partial charge in [0.15, 0.2) is 0 Å². The Morgan fingerprint density at radius 1 is 1.40 bits per heavy atom. The largest absolute Gasteiger partial charge is 0.385 e. The number of nitrogens with zero attached hydrogens (tertiary/aromatic N) is 2. The van der Waals surface area contributed by atoms with Crippen LogP contribution in [0.15, 0.2) is 12.3 Å². The van der Waals surface area contributed by atoms with E-state index in [4.69, 9.17) is 4.74 Å². The predicted molar refractivity (Wildman–Crippen MR) is 85.3 cm³/mol. The summed E-state index contributed by atoms with van der Waals surface area (Å²) in [6.07, 6.45) is 3.03. The first kappa shape index (κ1) is 16.9. The van der Waals surface area contributed by atoms with E-state index in [9.17, 15) is 0 Å². The zero-order valence-electron chi connectivity index (χ0n) is 13.6. The summed E-state index contributed by atoms with van der Waals surface area (Å²) in [7, 11) is 3.88. The SMILES string of the molecule is COCCCN(C)c1cc(C)ncc1CNCC(C)C. The fourth-order valence-electron chi connectivity index (χ4n) is 2.13. The molecule has 4 nitrogen and oxygen atoms in total. The van der Waals surface area contributed by atoms with Gasteiger partial charge < -0.3 is 15.0 Å². The third-order valence-corrected chi connectivity index (χ3v) is 3.22. The van der Waals surface area contributed by atoms with Crippen LogP contribution in [0.25, 0.3) is 0 Å². The van der Waals surface area contributed by atoms with Crippen LogP contribution in [0.3, 0.4) is 0 Å². The molecule has 0 amide bonds. The molecule has 0 fully saturated rings. The molecular formula is C16H29N3O. The van der Waals surface area contributed by atoms with Gasteiger partial charge in [-0.1, -0.05) is 13.8 Å². The van der Waals surface area contributed by atoms with E-state index in [0.717, 1.165) is 38.4 Å². The third-order valence-electron chi connectivity index (χ3n) is 3.22. The number of anilines is 1. The minimum atomic E-state index is 0.663. The van der Waals surface area contributed by atoms with E-state index in [1.807, 2.05) is 13.1 Å². The van der Waals surface area contributed by atoms with Crippen molar-refractivity contribution in [3.63, 3.8) is 0 Å². The Hall–Kier alpha value is -1.13. The Morgan fingerprint density at radius 3 is 2.80 bits per heavy atom. The summed E-state index contributed by atoms with van der Waals surface area (Å²) >= 11 is 0. The van der Waals surface area contributed by atoms with Crippen LogP contribution in [-0.2, 0) is 11.3 Å². The van der Waals surface area contributed by atoms with E-state index in [1.165, 1.54) is 11.3 Å². The van der Waals surface area contributed by atoms with Gasteiger partial charge in [-0.25, -0.2) is 0 Å². The highest BCUT2D eigenvalue weighted by atomic mass is 16.5. The molecule has 0 aliphatic rings. The number of hydrogen-bond acceptors (Lipinski definition) is 4. The maximum Gasteiger partial charge on any atom is 0.0479 e. The van der Waals surface area contributed by atoms with Crippen LogP contribution in [0.2, 0.25) is 0 Å². The molecule has 0 aliphatic heterocycles. The van der Waals surface area contributed by atoms with Crippen LogP contribution in [0.5, 0.6) is 0 Å². The standard InChI is InChI=1S/C16H29N3O/c1-13(2)10-17-11-15-12-18-14(3)9-16(15)19(4)7-6-8-20-5/h9,12-13,17H,6-8,10-11H2,1-5H3. The first-order valence-electron chi connectivity index (χ1n) is 7.41. The molecular weight excluding hydrogens is 250 g/mol. The van der Waals surface area contributed by atoms with Crippen LogP contribution in [-0.4, -0.2) is 38.8 Å². The molecule has 1 aromatic rings. The lowest BCUT2D eigenvalue weighted by Crippen LogP contribution is -2.24. The Morgan fingerprint density at radius 2 is 2.15 bits per heavy atom. The average molecular weight is 279 g/mol. The number of aryl methyl sites for hydroxylation is 1. The number of hydrogen-bond donors (Lipinski definition) is 1. The highest BCUT2D eigenvalue weighted by Crippen LogP contribution is 2.20. The van der Waals surface area contributed by atoms with Gasteiger partial charge in [0.25, 0.3) is 0 Å². The molecule has 0 aliphatic carbocycles. The van der Waals surface area contributed by atoms with Gasteiger partial charge in [-0.3, -0.25) is 4.98 Å². The van der Waals surface area contributed by atoms with Crippen LogP contribution in [0.4, 0.5) is 5.69 Å². The first-order valence-corrected chi connectivity index (χ1v) is 7.41. The summed E-state index contributed by atoms with van der Waals surface area (Å²) in [5.74, 6) is 0.663. The summed E-state index contributed by atoms with van der Waals surface area (Å²) in [5.41, 5.74) is 3.59. The summed E-state index contributed by atoms with van der Waals surface area (Å²) < 4.78 is 5.12. The van der Waals surface area contributed by atoms with Crippen molar-refractivity contribution in [2.45, 2.75) is 33.7 Å². The van der Waals surface area contributed by atoms with E-state index in [1.54, 1.807) is 7.11 Å². The van der Waals surface area contributed by atoms with Crippen molar-refractivity contribution < 1.29 is 4.74 Å². The summed E-state index contributed by atoms with van der Waals surface area (Å²) in [5, 5.41) is 3.49. The highest BCUT2D eigenvalue weighted by molar-refractivity contribution is 5.53. The lowest BCUT2D eigenvalue weighted by Gasteiger charge is -2.23. The van der Waals surface area contributed by atoms with E-state index in [2.05, 4.69) is 42.2 Å². The van der Waals surface area contributed by atoms with Gasteiger partial charge in [-0.15, -0.1) is 0 Å². The van der Waals surface area contributed by atoms with Gasteiger partial charge >= 0.3 is 0 Å². The molecule has 0 atom stereocenters. The number of pyridine rings is 1. The van der Waals surface area contributed by atoms with E-state index in [-0.39, 0.29) is 0 Å². The van der Waals surface area contributed by atoms with Crippen molar-refractivity contribution >= 4 is 5.69 Å². The van der Waals surface area contributed by atoms with Crippen molar-refractivity contribution in [2.75, 3.05) is 38.8 Å². The van der Waals surface area contributed by atoms with Crippen molar-refractivity contribution in [1.29, 1.82) is 0 Å². The second-order valence-electron chi connectivity index (χ2n) is 5.75. The second kappa shape index (κ2) is 8.93. The monoisotopic (exact) mass is 279 g/mol. The first-order chi connectivity index (χ1) is 9.54. The molecule has 4 heteroatoms. The minimum Gasteiger partial charge on any atom is -0.385 e. The van der Waals surface area contributed by atoms with Crippen molar-refractivity contribution in [3.8, 4) is 0 Å². The Kier molecular flexibility index (Phi) is 7.55. The Bertz CT molecular complexity index is 393. The fourth-order valence-corrected chi connectivity index (χ4v) is 2.13. The number of aromatic nitrogens is 1. The molecule has 0 saturated carbocycles. The smallest absolute Gasteiger partial charge is 0.0479 e. The van der Waals surface area contributed by atoms with Gasteiger partial charge in [0.05, 0.1) is 0 Å². The topological polar surface area (TPSA) is 37.4 Å². The lowest BCUT2D eigenvalue weighted by molar-refractivity contribution is 0.196. The van der Waals surface area contributed by atoms with Crippen molar-refractivity contribution in [1.82, 2.24) is 10.3 Å². The highest BCUT2D eigenvalue weighted by Gasteiger charge is 2.08. The molecule has 0 aromatic carbocycles. The molecule has 1 heterocycles. The molecule has 1 rings (SSSR count). The van der Waals surface area contributed by atoms with E-state index >= 15 is 0 Å². The Labute approximate surface area is 123 Å². The zero-order chi connectivity index (χ0) is 15.0. The lowest BCUT2D eigenvalue weighted by atomic mass is 10.1. The van der Waals surface area contributed by atoms with Crippen molar-refractivity contribution in [3.05, 3.63) is 23.5 Å². The van der Waals surface area contributed by atoms with Gasteiger partial charge in [0.1, 0.15) is 0 Å². The summed E-state index contributed by atoms with van der Waals surface area (Å²) in [6, 6.07) is 2.17. The maximum atomic E-state index is 5.12. The van der Waals surface area contributed by atoms with E-state index in [0.29, 0.717) is 5.92 Å². The number of methoxy groups -OCH3 is 1. The summed E-state index contributed by atoms with van der Waals surface area (Å²) in [4.78, 5) is 6.72. The molecule has 20 heavy (non-hydrogen) atoms. The molecule has 0 bridgehead atoms. The van der Waals surface area contributed by atoms with Crippen LogP contribution in [0, 0.1) is 12.8 Å². The molecule has 0 unspecified atom stereocenters. The van der Waals surface area contributed by atoms with E-state index < -0.39 is 0 Å². The molecule has 0 spiro atoms. The molecule has 114 valence electrons. The predicted octanol–water partition coefficient (Wildman–Crippen LogP) is 2.61. The minimum absolute atomic E-state index is 0.663. The van der Waals surface area contributed by atoms with Crippen LogP contribution in [0.1, 0.15) is 31.5 Å². The van der Waals surface area contributed by atoms with Gasteiger partial charge in [-0.2, -0.15) is 0 Å². The number of rotatable bonds is 9. The fraction of sp³-hybridized carbons (Fsp3) is 0.688. The number of nitrogens with one attached hydrogen (secondary N) is 1. The van der Waals surface area contributed by atoms with Gasteiger partial charge in [0, 0.05) is 57.0 Å². The molecule has 0 radical (unpaired) electrons. The zero-order valence-corrected chi connectivity index (χ0v) is 13.6. The molecule has 0 saturated heterocycles. The van der Waals surface area contributed by atoms with Gasteiger partial charge in [-0.05, 0) is 31.9 Å². The number of ether oxygens (including phenoxy) is 1. The maximum absolute atomic E-state index is 5.12. The summed E-state index contributed by atoms with van der Waals surface area (Å²) in [6.45, 7) is 10.2.